The fourth-order valence-electron chi connectivity index (χ4n) is 1.42. The molecule has 6 heteroatoms. The van der Waals surface area contributed by atoms with Crippen LogP contribution in [0.5, 0.6) is 0 Å². The van der Waals surface area contributed by atoms with E-state index in [2.05, 4.69) is 20.5 Å². The summed E-state index contributed by atoms with van der Waals surface area (Å²) in [5.74, 6) is -0.150. The molecule has 0 fully saturated rings. The molecule has 2 aromatic rings. The van der Waals surface area contributed by atoms with E-state index in [1.807, 2.05) is 24.3 Å². The molecule has 0 atom stereocenters. The van der Waals surface area contributed by atoms with Crippen molar-refractivity contribution in [2.75, 3.05) is 12.4 Å². The first-order chi connectivity index (χ1) is 8.31. The predicted octanol–water partition coefficient (Wildman–Crippen LogP) is 1.20. The molecule has 1 amide bonds. The molecule has 88 valence electrons. The zero-order valence-electron chi connectivity index (χ0n) is 9.30. The van der Waals surface area contributed by atoms with E-state index < -0.39 is 0 Å². The van der Waals surface area contributed by atoms with Crippen LogP contribution in [0.1, 0.15) is 16.2 Å². The summed E-state index contributed by atoms with van der Waals surface area (Å²) in [5.41, 5.74) is 1.61. The number of nitrogens with zero attached hydrogens (tertiary/aromatic N) is 2. The van der Waals surface area contributed by atoms with Gasteiger partial charge in [0, 0.05) is 18.4 Å². The van der Waals surface area contributed by atoms with Crippen LogP contribution in [0, 0.1) is 0 Å². The molecule has 2 N–H and O–H groups in total. The van der Waals surface area contributed by atoms with E-state index in [4.69, 9.17) is 4.74 Å². The summed E-state index contributed by atoms with van der Waals surface area (Å²) in [6.45, 7) is 0.437. The highest BCUT2D eigenvalue weighted by Crippen LogP contribution is 2.16. The number of H-pyrrole nitrogens is 1. The topological polar surface area (TPSA) is 79.9 Å². The van der Waals surface area contributed by atoms with Crippen molar-refractivity contribution in [2.45, 2.75) is 6.61 Å². The van der Waals surface area contributed by atoms with E-state index in [-0.39, 0.29) is 11.7 Å². The summed E-state index contributed by atoms with van der Waals surface area (Å²) in [6.07, 6.45) is 1.29. The number of nitrogens with one attached hydrogen (secondary N) is 2. The Balaban J connectivity index is 2.15. The number of rotatable bonds is 4. The van der Waals surface area contributed by atoms with Gasteiger partial charge >= 0.3 is 0 Å². The molecule has 0 saturated carbocycles. The van der Waals surface area contributed by atoms with Crippen LogP contribution in [-0.4, -0.2) is 28.2 Å². The van der Waals surface area contributed by atoms with Gasteiger partial charge in [-0.05, 0) is 6.07 Å². The summed E-state index contributed by atoms with van der Waals surface area (Å²) in [5, 5.41) is 8.87. The lowest BCUT2D eigenvalue weighted by Crippen LogP contribution is -2.15. The molecule has 1 aromatic carbocycles. The molecular formula is C11H12N4O2. The first kappa shape index (κ1) is 11.3. The number of benzene rings is 1. The minimum atomic E-state index is -0.328. The third-order valence-electron chi connectivity index (χ3n) is 2.20. The maximum Gasteiger partial charge on any atom is 0.292 e. The standard InChI is InChI=1S/C11H12N4O2/c1-17-6-8-4-2-3-5-9(8)14-11(16)10-12-7-13-15-10/h2-5,7H,6H2,1H3,(H,14,16)(H,12,13,15). The molecule has 1 aromatic heterocycles. The number of anilines is 1. The number of amides is 1. The second-order valence-electron chi connectivity index (χ2n) is 3.38. The highest BCUT2D eigenvalue weighted by Gasteiger charge is 2.10. The van der Waals surface area contributed by atoms with E-state index in [1.54, 1.807) is 7.11 Å². The smallest absolute Gasteiger partial charge is 0.292 e. The predicted molar refractivity (Wildman–Crippen MR) is 61.5 cm³/mol. The maximum atomic E-state index is 11.7. The second-order valence-corrected chi connectivity index (χ2v) is 3.38. The summed E-state index contributed by atoms with van der Waals surface area (Å²) < 4.78 is 5.05. The van der Waals surface area contributed by atoms with Gasteiger partial charge in [-0.2, -0.15) is 5.10 Å². The number of aromatic nitrogens is 3. The highest BCUT2D eigenvalue weighted by molar-refractivity contribution is 6.01. The van der Waals surface area contributed by atoms with Crippen LogP contribution in [0.25, 0.3) is 0 Å². The van der Waals surface area contributed by atoms with Crippen molar-refractivity contribution in [1.29, 1.82) is 0 Å². The van der Waals surface area contributed by atoms with Crippen LogP contribution in [0.4, 0.5) is 5.69 Å². The van der Waals surface area contributed by atoms with Gasteiger partial charge in [-0.15, -0.1) is 0 Å². The number of hydrogen-bond acceptors (Lipinski definition) is 4. The van der Waals surface area contributed by atoms with Gasteiger partial charge in [-0.1, -0.05) is 18.2 Å². The number of hydrogen-bond donors (Lipinski definition) is 2. The molecule has 0 aliphatic rings. The van der Waals surface area contributed by atoms with Crippen molar-refractivity contribution in [3.8, 4) is 0 Å². The maximum absolute atomic E-state index is 11.7. The minimum Gasteiger partial charge on any atom is -0.380 e. The SMILES string of the molecule is COCc1ccccc1NC(=O)c1ncn[nH]1. The van der Waals surface area contributed by atoms with E-state index in [0.717, 1.165) is 5.56 Å². The summed E-state index contributed by atoms with van der Waals surface area (Å²) >= 11 is 0. The van der Waals surface area contributed by atoms with Gasteiger partial charge in [0.25, 0.3) is 5.91 Å². The van der Waals surface area contributed by atoms with Gasteiger partial charge in [0.05, 0.1) is 6.61 Å². The minimum absolute atomic E-state index is 0.178. The molecule has 0 aliphatic carbocycles. The molecule has 0 aliphatic heterocycles. The Hall–Kier alpha value is -2.21. The molecule has 0 radical (unpaired) electrons. The third kappa shape index (κ3) is 2.67. The van der Waals surface area contributed by atoms with Crippen LogP contribution < -0.4 is 5.32 Å². The van der Waals surface area contributed by atoms with Gasteiger partial charge in [0.1, 0.15) is 6.33 Å². The Morgan fingerprint density at radius 2 is 2.29 bits per heavy atom. The Bertz CT molecular complexity index is 496. The molecule has 17 heavy (non-hydrogen) atoms. The molecule has 1 heterocycles. The fourth-order valence-corrected chi connectivity index (χ4v) is 1.42. The normalized spacial score (nSPS) is 10.2. The number of carbonyl (C=O) groups excluding carboxylic acids is 1. The van der Waals surface area contributed by atoms with Crippen LogP contribution in [-0.2, 0) is 11.3 Å². The molecular weight excluding hydrogens is 220 g/mol. The number of methoxy groups -OCH3 is 1. The summed E-state index contributed by atoms with van der Waals surface area (Å²) in [7, 11) is 1.61. The first-order valence-electron chi connectivity index (χ1n) is 5.05. The lowest BCUT2D eigenvalue weighted by molar-refractivity contribution is 0.101. The van der Waals surface area contributed by atoms with Crippen molar-refractivity contribution in [2.24, 2.45) is 0 Å². The van der Waals surface area contributed by atoms with Crippen LogP contribution in [0.3, 0.4) is 0 Å². The van der Waals surface area contributed by atoms with Gasteiger partial charge in [0.15, 0.2) is 0 Å². The van der Waals surface area contributed by atoms with Crippen LogP contribution >= 0.6 is 0 Å². The first-order valence-corrected chi connectivity index (χ1v) is 5.05. The van der Waals surface area contributed by atoms with Crippen LogP contribution in [0.2, 0.25) is 0 Å². The Morgan fingerprint density at radius 3 is 3.00 bits per heavy atom. The quantitative estimate of drug-likeness (QED) is 0.830. The summed E-state index contributed by atoms with van der Waals surface area (Å²) in [4.78, 5) is 15.5. The second kappa shape index (κ2) is 5.22. The largest absolute Gasteiger partial charge is 0.380 e. The number of para-hydroxylation sites is 1. The van der Waals surface area contributed by atoms with Crippen molar-refractivity contribution in [3.05, 3.63) is 42.0 Å². The molecule has 0 unspecified atom stereocenters. The monoisotopic (exact) mass is 232 g/mol. The Labute approximate surface area is 98.0 Å². The third-order valence-corrected chi connectivity index (χ3v) is 2.20. The van der Waals surface area contributed by atoms with E-state index >= 15 is 0 Å². The number of carbonyl (C=O) groups is 1. The zero-order chi connectivity index (χ0) is 12.1. The van der Waals surface area contributed by atoms with Crippen molar-refractivity contribution < 1.29 is 9.53 Å². The molecule has 0 saturated heterocycles. The highest BCUT2D eigenvalue weighted by atomic mass is 16.5. The Kier molecular flexibility index (Phi) is 3.46. The van der Waals surface area contributed by atoms with E-state index in [1.165, 1.54) is 6.33 Å². The van der Waals surface area contributed by atoms with Crippen molar-refractivity contribution in [3.63, 3.8) is 0 Å². The number of ether oxygens (including phenoxy) is 1. The molecule has 0 spiro atoms. The van der Waals surface area contributed by atoms with Gasteiger partial charge in [-0.25, -0.2) is 4.98 Å². The average molecular weight is 232 g/mol. The average Bonchev–Trinajstić information content (AvgIpc) is 2.85. The lowest BCUT2D eigenvalue weighted by Gasteiger charge is -2.08. The van der Waals surface area contributed by atoms with Gasteiger partial charge in [0.2, 0.25) is 5.82 Å². The zero-order valence-corrected chi connectivity index (χ0v) is 9.30. The van der Waals surface area contributed by atoms with E-state index in [0.29, 0.717) is 12.3 Å². The lowest BCUT2D eigenvalue weighted by atomic mass is 10.2. The van der Waals surface area contributed by atoms with Crippen LogP contribution in [0.15, 0.2) is 30.6 Å². The molecule has 0 bridgehead atoms. The molecule has 2 rings (SSSR count). The van der Waals surface area contributed by atoms with E-state index in [9.17, 15) is 4.79 Å². The number of aromatic amines is 1. The van der Waals surface area contributed by atoms with Gasteiger partial charge in [-0.3, -0.25) is 9.89 Å². The van der Waals surface area contributed by atoms with Crippen molar-refractivity contribution in [1.82, 2.24) is 15.2 Å². The fraction of sp³-hybridized carbons (Fsp3) is 0.182. The summed E-state index contributed by atoms with van der Waals surface area (Å²) in [6, 6.07) is 7.43. The molecule has 6 nitrogen and oxygen atoms in total. The Morgan fingerprint density at radius 1 is 1.47 bits per heavy atom. The van der Waals surface area contributed by atoms with Gasteiger partial charge < -0.3 is 10.1 Å². The van der Waals surface area contributed by atoms with Crippen molar-refractivity contribution >= 4 is 11.6 Å².